The van der Waals surface area contributed by atoms with Gasteiger partial charge in [-0.15, -0.1) is 0 Å². The summed E-state index contributed by atoms with van der Waals surface area (Å²) in [5.74, 6) is 1.35. The molecule has 0 unspecified atom stereocenters. The van der Waals surface area contributed by atoms with E-state index in [2.05, 4.69) is 13.8 Å². The number of rotatable bonds is 5. The van der Waals surface area contributed by atoms with Crippen molar-refractivity contribution in [1.29, 1.82) is 0 Å². The Morgan fingerprint density at radius 1 is 1.44 bits per heavy atom. The molecule has 0 amide bonds. The van der Waals surface area contributed by atoms with E-state index in [1.165, 1.54) is 0 Å². The summed E-state index contributed by atoms with van der Waals surface area (Å²) >= 11 is 5.36. The SMILES string of the molecule is Cc1cc(OCC(C)C)ccc1CC(=O)Cl. The molecule has 1 rings (SSSR count). The van der Waals surface area contributed by atoms with E-state index in [1.54, 1.807) is 0 Å². The Balaban J connectivity index is 2.70. The zero-order chi connectivity index (χ0) is 12.1. The number of halogens is 1. The van der Waals surface area contributed by atoms with Gasteiger partial charge in [0.25, 0.3) is 0 Å². The lowest BCUT2D eigenvalue weighted by Gasteiger charge is -2.10. The molecular weight excluding hydrogens is 224 g/mol. The molecular formula is C13H17ClO2. The molecule has 0 bridgehead atoms. The van der Waals surface area contributed by atoms with Crippen LogP contribution in [0.1, 0.15) is 25.0 Å². The van der Waals surface area contributed by atoms with Gasteiger partial charge in [0.05, 0.1) is 6.61 Å². The third-order valence-corrected chi connectivity index (χ3v) is 2.36. The van der Waals surface area contributed by atoms with Crippen LogP contribution in [0.4, 0.5) is 0 Å². The van der Waals surface area contributed by atoms with E-state index in [9.17, 15) is 4.79 Å². The topological polar surface area (TPSA) is 26.3 Å². The average molecular weight is 241 g/mol. The summed E-state index contributed by atoms with van der Waals surface area (Å²) in [6, 6.07) is 5.72. The number of carbonyl (C=O) groups is 1. The Kier molecular flexibility index (Phi) is 4.81. The summed E-state index contributed by atoms with van der Waals surface area (Å²) in [6.07, 6.45) is 0.276. The number of hydrogen-bond acceptors (Lipinski definition) is 2. The molecule has 0 N–H and O–H groups in total. The molecule has 0 spiro atoms. The van der Waals surface area contributed by atoms with Gasteiger partial charge in [0.1, 0.15) is 5.75 Å². The van der Waals surface area contributed by atoms with E-state index in [0.717, 1.165) is 16.9 Å². The summed E-state index contributed by atoms with van der Waals surface area (Å²) in [6.45, 7) is 6.87. The fraction of sp³-hybridized carbons (Fsp3) is 0.462. The van der Waals surface area contributed by atoms with Crippen LogP contribution >= 0.6 is 11.6 Å². The summed E-state index contributed by atoms with van der Waals surface area (Å²) in [4.78, 5) is 10.8. The molecule has 2 nitrogen and oxygen atoms in total. The van der Waals surface area contributed by atoms with Crippen LogP contribution in [0.15, 0.2) is 18.2 Å². The van der Waals surface area contributed by atoms with Crippen molar-refractivity contribution in [3.8, 4) is 5.75 Å². The number of aryl methyl sites for hydroxylation is 1. The molecule has 0 aliphatic heterocycles. The van der Waals surface area contributed by atoms with Crippen LogP contribution in [0.25, 0.3) is 0 Å². The van der Waals surface area contributed by atoms with Crippen molar-refractivity contribution in [1.82, 2.24) is 0 Å². The van der Waals surface area contributed by atoms with Crippen LogP contribution in [0.3, 0.4) is 0 Å². The highest BCUT2D eigenvalue weighted by Crippen LogP contribution is 2.18. The zero-order valence-corrected chi connectivity index (χ0v) is 10.7. The van der Waals surface area contributed by atoms with Gasteiger partial charge < -0.3 is 4.74 Å². The summed E-state index contributed by atoms with van der Waals surface area (Å²) < 4.78 is 5.59. The number of carbonyl (C=O) groups excluding carboxylic acids is 1. The summed E-state index contributed by atoms with van der Waals surface area (Å²) in [7, 11) is 0. The molecule has 16 heavy (non-hydrogen) atoms. The van der Waals surface area contributed by atoms with Gasteiger partial charge >= 0.3 is 0 Å². The highest BCUT2D eigenvalue weighted by molar-refractivity contribution is 6.63. The number of benzene rings is 1. The molecule has 0 radical (unpaired) electrons. The molecule has 0 aromatic heterocycles. The maximum atomic E-state index is 10.8. The Hall–Kier alpha value is -1.02. The monoisotopic (exact) mass is 240 g/mol. The normalized spacial score (nSPS) is 10.6. The van der Waals surface area contributed by atoms with Gasteiger partial charge in [0.2, 0.25) is 5.24 Å². The molecule has 0 fully saturated rings. The third-order valence-electron chi connectivity index (χ3n) is 2.23. The van der Waals surface area contributed by atoms with Crippen LogP contribution in [0, 0.1) is 12.8 Å². The molecule has 1 aromatic carbocycles. The van der Waals surface area contributed by atoms with E-state index >= 15 is 0 Å². The van der Waals surface area contributed by atoms with Crippen molar-refractivity contribution in [3.63, 3.8) is 0 Å². The second kappa shape index (κ2) is 5.90. The highest BCUT2D eigenvalue weighted by atomic mass is 35.5. The van der Waals surface area contributed by atoms with Crippen LogP contribution in [0.2, 0.25) is 0 Å². The van der Waals surface area contributed by atoms with E-state index in [4.69, 9.17) is 16.3 Å². The van der Waals surface area contributed by atoms with Gasteiger partial charge in [0.15, 0.2) is 0 Å². The predicted molar refractivity (Wildman–Crippen MR) is 66.1 cm³/mol. The maximum Gasteiger partial charge on any atom is 0.226 e. The van der Waals surface area contributed by atoms with Crippen LogP contribution < -0.4 is 4.74 Å². The van der Waals surface area contributed by atoms with Crippen LogP contribution in [0.5, 0.6) is 5.75 Å². The van der Waals surface area contributed by atoms with Crippen molar-refractivity contribution >= 4 is 16.8 Å². The molecule has 88 valence electrons. The Bertz CT molecular complexity index is 372. The second-order valence-corrected chi connectivity index (χ2v) is 4.75. The van der Waals surface area contributed by atoms with Crippen molar-refractivity contribution in [3.05, 3.63) is 29.3 Å². The zero-order valence-electron chi connectivity index (χ0n) is 9.92. The Labute approximate surface area is 102 Å². The molecule has 0 aliphatic carbocycles. The molecule has 3 heteroatoms. The van der Waals surface area contributed by atoms with Gasteiger partial charge in [-0.25, -0.2) is 0 Å². The summed E-state index contributed by atoms with van der Waals surface area (Å²) in [5, 5.41) is -0.334. The molecule has 0 atom stereocenters. The fourth-order valence-corrected chi connectivity index (χ4v) is 1.51. The van der Waals surface area contributed by atoms with Crippen molar-refractivity contribution in [2.45, 2.75) is 27.2 Å². The van der Waals surface area contributed by atoms with Crippen molar-refractivity contribution in [2.24, 2.45) is 5.92 Å². The molecule has 0 saturated carbocycles. The third kappa shape index (κ3) is 4.23. The minimum Gasteiger partial charge on any atom is -0.493 e. The van der Waals surface area contributed by atoms with Crippen molar-refractivity contribution in [2.75, 3.05) is 6.61 Å². The van der Waals surface area contributed by atoms with Crippen LogP contribution in [-0.4, -0.2) is 11.8 Å². The van der Waals surface area contributed by atoms with E-state index in [1.807, 2.05) is 25.1 Å². The van der Waals surface area contributed by atoms with Crippen molar-refractivity contribution < 1.29 is 9.53 Å². The van der Waals surface area contributed by atoms with Gasteiger partial charge in [-0.3, -0.25) is 4.79 Å². The highest BCUT2D eigenvalue weighted by Gasteiger charge is 2.05. The quantitative estimate of drug-likeness (QED) is 0.738. The molecule has 0 saturated heterocycles. The Morgan fingerprint density at radius 3 is 2.62 bits per heavy atom. The standard InChI is InChI=1S/C13H17ClO2/c1-9(2)8-16-12-5-4-11(7-13(14)15)10(3)6-12/h4-6,9H,7-8H2,1-3H3. The number of ether oxygens (including phenoxy) is 1. The fourth-order valence-electron chi connectivity index (χ4n) is 1.37. The van der Waals surface area contributed by atoms with E-state index in [0.29, 0.717) is 12.5 Å². The van der Waals surface area contributed by atoms with E-state index in [-0.39, 0.29) is 11.7 Å². The second-order valence-electron chi connectivity index (χ2n) is 4.33. The molecule has 0 aliphatic rings. The van der Waals surface area contributed by atoms with E-state index < -0.39 is 0 Å². The molecule has 0 heterocycles. The first-order chi connectivity index (χ1) is 7.49. The lowest BCUT2D eigenvalue weighted by Crippen LogP contribution is -2.05. The van der Waals surface area contributed by atoms with Gasteiger partial charge in [-0.2, -0.15) is 0 Å². The lowest BCUT2D eigenvalue weighted by molar-refractivity contribution is -0.111. The summed E-state index contributed by atoms with van der Waals surface area (Å²) in [5.41, 5.74) is 1.99. The first-order valence-corrected chi connectivity index (χ1v) is 5.77. The first-order valence-electron chi connectivity index (χ1n) is 5.39. The Morgan fingerprint density at radius 2 is 2.12 bits per heavy atom. The smallest absolute Gasteiger partial charge is 0.226 e. The van der Waals surface area contributed by atoms with Gasteiger partial charge in [-0.05, 0) is 47.7 Å². The minimum absolute atomic E-state index is 0.276. The predicted octanol–water partition coefficient (Wildman–Crippen LogP) is 3.34. The van der Waals surface area contributed by atoms with Gasteiger partial charge in [-0.1, -0.05) is 19.9 Å². The van der Waals surface area contributed by atoms with Crippen LogP contribution in [-0.2, 0) is 11.2 Å². The minimum atomic E-state index is -0.334. The van der Waals surface area contributed by atoms with Gasteiger partial charge in [0, 0.05) is 6.42 Å². The first kappa shape index (κ1) is 13.0. The largest absolute Gasteiger partial charge is 0.493 e. The average Bonchev–Trinajstić information content (AvgIpc) is 2.18. The molecule has 1 aromatic rings. The number of hydrogen-bond donors (Lipinski definition) is 0. The lowest BCUT2D eigenvalue weighted by atomic mass is 10.1. The maximum absolute atomic E-state index is 10.8.